The summed E-state index contributed by atoms with van der Waals surface area (Å²) in [6.07, 6.45) is 3.35. The average Bonchev–Trinajstić information content (AvgIpc) is 3.34. The van der Waals surface area contributed by atoms with Crippen LogP contribution in [0.1, 0.15) is 11.5 Å². The number of rotatable bonds is 6. The van der Waals surface area contributed by atoms with Crippen molar-refractivity contribution in [1.82, 2.24) is 15.1 Å². The number of benzene rings is 2. The van der Waals surface area contributed by atoms with Crippen molar-refractivity contribution in [3.05, 3.63) is 60.1 Å². The number of H-pyrrole nitrogens is 1. The number of aryl methyl sites for hydroxylation is 2. The summed E-state index contributed by atoms with van der Waals surface area (Å²) < 4.78 is 16.0. The molecule has 2 aromatic carbocycles. The van der Waals surface area contributed by atoms with Crippen molar-refractivity contribution in [2.45, 2.75) is 12.8 Å². The molecule has 6 heteroatoms. The van der Waals surface area contributed by atoms with Crippen LogP contribution in [0.25, 0.3) is 22.3 Å². The van der Waals surface area contributed by atoms with Crippen LogP contribution in [-0.4, -0.2) is 29.3 Å². The number of nitrogens with one attached hydrogen (secondary N) is 1. The summed E-state index contributed by atoms with van der Waals surface area (Å²) in [5, 5.41) is 5.23. The van der Waals surface area contributed by atoms with Gasteiger partial charge >= 0.3 is 0 Å². The molecule has 26 heavy (non-hydrogen) atoms. The lowest BCUT2D eigenvalue weighted by molar-refractivity contribution is 0.354. The quantitative estimate of drug-likeness (QED) is 0.569. The molecule has 0 unspecified atom stereocenters. The molecule has 2 heterocycles. The summed E-state index contributed by atoms with van der Waals surface area (Å²) in [5.74, 6) is 2.66. The third kappa shape index (κ3) is 3.13. The van der Waals surface area contributed by atoms with Crippen molar-refractivity contribution in [2.75, 3.05) is 14.2 Å². The molecule has 0 aliphatic rings. The van der Waals surface area contributed by atoms with E-state index in [1.54, 1.807) is 14.2 Å². The molecule has 0 spiro atoms. The van der Waals surface area contributed by atoms with Crippen LogP contribution in [0.15, 0.2) is 53.2 Å². The zero-order valence-corrected chi connectivity index (χ0v) is 14.7. The van der Waals surface area contributed by atoms with Crippen LogP contribution in [0.5, 0.6) is 11.5 Å². The number of ether oxygens (including phenoxy) is 2. The lowest BCUT2D eigenvalue weighted by atomic mass is 10.1. The van der Waals surface area contributed by atoms with E-state index in [-0.39, 0.29) is 0 Å². The lowest BCUT2D eigenvalue weighted by Crippen LogP contribution is -1.95. The SMILES string of the molecule is COc1ccc(CCc2nc(-c3ccc4[nH]ccc4c3)no2)cc1OC. The Morgan fingerprint density at radius 2 is 1.85 bits per heavy atom. The van der Waals surface area contributed by atoms with Gasteiger partial charge in [0.1, 0.15) is 0 Å². The Morgan fingerprint density at radius 3 is 2.69 bits per heavy atom. The Hall–Kier alpha value is -3.28. The van der Waals surface area contributed by atoms with Gasteiger partial charge in [-0.3, -0.25) is 0 Å². The molecule has 0 saturated carbocycles. The van der Waals surface area contributed by atoms with E-state index in [4.69, 9.17) is 14.0 Å². The number of methoxy groups -OCH3 is 2. The van der Waals surface area contributed by atoms with Gasteiger partial charge in [0.05, 0.1) is 14.2 Å². The zero-order valence-electron chi connectivity index (χ0n) is 14.7. The van der Waals surface area contributed by atoms with Crippen LogP contribution < -0.4 is 9.47 Å². The predicted molar refractivity (Wildman–Crippen MR) is 98.5 cm³/mol. The second kappa shape index (κ2) is 6.92. The van der Waals surface area contributed by atoms with Gasteiger partial charge in [0, 0.05) is 29.1 Å². The Bertz CT molecular complexity index is 1040. The van der Waals surface area contributed by atoms with Crippen LogP contribution >= 0.6 is 0 Å². The molecular weight excluding hydrogens is 330 g/mol. The summed E-state index contributed by atoms with van der Waals surface area (Å²) in [6, 6.07) is 14.0. The highest BCUT2D eigenvalue weighted by atomic mass is 16.5. The average molecular weight is 349 g/mol. The highest BCUT2D eigenvalue weighted by Gasteiger charge is 2.11. The number of aromatic nitrogens is 3. The number of fused-ring (bicyclic) bond motifs is 1. The van der Waals surface area contributed by atoms with Crippen LogP contribution in [-0.2, 0) is 12.8 Å². The number of hydrogen-bond donors (Lipinski definition) is 1. The maximum atomic E-state index is 5.41. The maximum absolute atomic E-state index is 5.41. The van der Waals surface area contributed by atoms with E-state index in [0.717, 1.165) is 39.9 Å². The summed E-state index contributed by atoms with van der Waals surface area (Å²) in [6.45, 7) is 0. The van der Waals surface area contributed by atoms with Crippen LogP contribution in [0, 0.1) is 0 Å². The van der Waals surface area contributed by atoms with Crippen LogP contribution in [0.2, 0.25) is 0 Å². The minimum absolute atomic E-state index is 0.607. The van der Waals surface area contributed by atoms with Crippen LogP contribution in [0.4, 0.5) is 0 Å². The van der Waals surface area contributed by atoms with Gasteiger partial charge in [-0.2, -0.15) is 4.98 Å². The first-order valence-corrected chi connectivity index (χ1v) is 8.38. The summed E-state index contributed by atoms with van der Waals surface area (Å²) in [4.78, 5) is 7.70. The van der Waals surface area contributed by atoms with Gasteiger partial charge in [-0.25, -0.2) is 0 Å². The minimum atomic E-state index is 0.607. The Balaban J connectivity index is 1.48. The van der Waals surface area contributed by atoms with E-state index >= 15 is 0 Å². The molecule has 0 saturated heterocycles. The second-order valence-corrected chi connectivity index (χ2v) is 5.98. The van der Waals surface area contributed by atoms with Gasteiger partial charge < -0.3 is 19.0 Å². The third-order valence-corrected chi connectivity index (χ3v) is 4.36. The molecule has 0 radical (unpaired) electrons. The fraction of sp³-hybridized carbons (Fsp3) is 0.200. The van der Waals surface area contributed by atoms with Crippen molar-refractivity contribution < 1.29 is 14.0 Å². The predicted octanol–water partition coefficient (Wildman–Crippen LogP) is 4.02. The third-order valence-electron chi connectivity index (χ3n) is 4.36. The first-order valence-electron chi connectivity index (χ1n) is 8.38. The molecule has 0 fully saturated rings. The van der Waals surface area contributed by atoms with E-state index in [1.807, 2.05) is 42.6 Å². The van der Waals surface area contributed by atoms with Crippen molar-refractivity contribution in [1.29, 1.82) is 0 Å². The summed E-state index contributed by atoms with van der Waals surface area (Å²) >= 11 is 0. The van der Waals surface area contributed by atoms with Crippen molar-refractivity contribution in [3.8, 4) is 22.9 Å². The normalized spacial score (nSPS) is 11.0. The second-order valence-electron chi connectivity index (χ2n) is 5.98. The summed E-state index contributed by atoms with van der Waals surface area (Å²) in [7, 11) is 3.26. The molecule has 0 aliphatic heterocycles. The van der Waals surface area contributed by atoms with Gasteiger partial charge in [-0.15, -0.1) is 0 Å². The molecule has 2 aromatic heterocycles. The lowest BCUT2D eigenvalue weighted by Gasteiger charge is -2.08. The Labute approximate surface area is 150 Å². The van der Waals surface area contributed by atoms with Gasteiger partial charge in [0.15, 0.2) is 11.5 Å². The number of aromatic amines is 1. The standard InChI is InChI=1S/C20H19N3O3/c1-24-17-7-3-13(11-18(17)25-2)4-8-19-22-20(23-26-19)15-5-6-16-14(12-15)9-10-21-16/h3,5-7,9-12,21H,4,8H2,1-2H3. The van der Waals surface area contributed by atoms with E-state index < -0.39 is 0 Å². The highest BCUT2D eigenvalue weighted by Crippen LogP contribution is 2.28. The minimum Gasteiger partial charge on any atom is -0.493 e. The largest absolute Gasteiger partial charge is 0.493 e. The van der Waals surface area contributed by atoms with Crippen LogP contribution in [0.3, 0.4) is 0 Å². The molecule has 0 atom stereocenters. The van der Waals surface area contributed by atoms with E-state index in [9.17, 15) is 0 Å². The van der Waals surface area contributed by atoms with Gasteiger partial charge in [0.2, 0.25) is 11.7 Å². The number of hydrogen-bond acceptors (Lipinski definition) is 5. The smallest absolute Gasteiger partial charge is 0.227 e. The zero-order chi connectivity index (χ0) is 17.9. The van der Waals surface area contributed by atoms with Crippen molar-refractivity contribution in [3.63, 3.8) is 0 Å². The van der Waals surface area contributed by atoms with Crippen molar-refractivity contribution >= 4 is 10.9 Å². The molecule has 0 bridgehead atoms. The van der Waals surface area contributed by atoms with E-state index in [1.165, 1.54) is 0 Å². The maximum Gasteiger partial charge on any atom is 0.227 e. The first-order chi connectivity index (χ1) is 12.8. The highest BCUT2D eigenvalue weighted by molar-refractivity contribution is 5.83. The Morgan fingerprint density at radius 1 is 0.962 bits per heavy atom. The molecule has 0 amide bonds. The van der Waals surface area contributed by atoms with Gasteiger partial charge in [-0.1, -0.05) is 11.2 Å². The number of nitrogens with zero attached hydrogens (tertiary/aromatic N) is 2. The molecule has 6 nitrogen and oxygen atoms in total. The fourth-order valence-corrected chi connectivity index (χ4v) is 2.95. The monoisotopic (exact) mass is 349 g/mol. The molecule has 0 aliphatic carbocycles. The molecule has 4 aromatic rings. The van der Waals surface area contributed by atoms with Gasteiger partial charge in [0.25, 0.3) is 0 Å². The summed E-state index contributed by atoms with van der Waals surface area (Å²) in [5.41, 5.74) is 3.15. The Kier molecular flexibility index (Phi) is 4.31. The van der Waals surface area contributed by atoms with E-state index in [0.29, 0.717) is 18.1 Å². The fourth-order valence-electron chi connectivity index (χ4n) is 2.95. The molecule has 1 N–H and O–H groups in total. The molecule has 4 rings (SSSR count). The van der Waals surface area contributed by atoms with Gasteiger partial charge in [-0.05, 0) is 48.4 Å². The topological polar surface area (TPSA) is 73.2 Å². The van der Waals surface area contributed by atoms with Crippen molar-refractivity contribution in [2.24, 2.45) is 0 Å². The molecular formula is C20H19N3O3. The first kappa shape index (κ1) is 16.2. The van der Waals surface area contributed by atoms with E-state index in [2.05, 4.69) is 21.2 Å². The molecule has 132 valence electrons.